The maximum Gasteiger partial charge on any atom is 0.119 e. The summed E-state index contributed by atoms with van der Waals surface area (Å²) < 4.78 is 6.64. The minimum absolute atomic E-state index is 0.105. The fraction of sp³-hybridized carbons (Fsp3) is 0.778. The molecule has 0 heterocycles. The summed E-state index contributed by atoms with van der Waals surface area (Å²) in [6.07, 6.45) is 2.80. The Bertz CT molecular complexity index is 972. The molecular weight excluding hydrogens is 356 g/mol. The third-order valence-corrected chi connectivity index (χ3v) is 14.3. The van der Waals surface area contributed by atoms with Crippen molar-refractivity contribution in [3.05, 3.63) is 30.3 Å². The molecule has 2 nitrogen and oxygen atoms in total. The molecule has 0 radical (unpaired) electrons. The van der Waals surface area contributed by atoms with E-state index in [1.165, 1.54) is 12.8 Å². The normalized spacial score (nSPS) is 77.3. The fourth-order valence-electron chi connectivity index (χ4n) is 15.5. The van der Waals surface area contributed by atoms with Crippen LogP contribution in [0.4, 0.5) is 0 Å². The van der Waals surface area contributed by atoms with Crippen molar-refractivity contribution >= 4 is 0 Å². The van der Waals surface area contributed by atoms with E-state index in [-0.39, 0.29) is 11.0 Å². The second-order valence-corrected chi connectivity index (χ2v) is 13.3. The second-order valence-electron chi connectivity index (χ2n) is 13.3. The molecule has 11 rings (SSSR count). The molecule has 0 aromatic heterocycles. The lowest BCUT2D eigenvalue weighted by Gasteiger charge is -2.48. The van der Waals surface area contributed by atoms with Crippen molar-refractivity contribution in [2.24, 2.45) is 100 Å². The van der Waals surface area contributed by atoms with Crippen LogP contribution in [0.25, 0.3) is 0 Å². The molecule has 0 spiro atoms. The largest absolute Gasteiger partial charge is 0.493 e. The summed E-state index contributed by atoms with van der Waals surface area (Å²) in [6, 6.07) is 10.5. The first kappa shape index (κ1) is 14.1. The zero-order valence-electron chi connectivity index (χ0n) is 16.6. The first-order valence-electron chi connectivity index (χ1n) is 12.7. The summed E-state index contributed by atoms with van der Waals surface area (Å²) in [5.74, 6) is 16.1. The van der Waals surface area contributed by atoms with Crippen LogP contribution in [0.3, 0.4) is 0 Å². The minimum atomic E-state index is -0.384. The maximum absolute atomic E-state index is 12.9. The average molecular weight is 385 g/mol. The van der Waals surface area contributed by atoms with Gasteiger partial charge in [-0.1, -0.05) is 18.2 Å². The van der Waals surface area contributed by atoms with Crippen molar-refractivity contribution in [3.63, 3.8) is 0 Å². The van der Waals surface area contributed by atoms with Gasteiger partial charge in [0.2, 0.25) is 0 Å². The van der Waals surface area contributed by atoms with Gasteiger partial charge < -0.3 is 9.84 Å². The van der Waals surface area contributed by atoms with Gasteiger partial charge >= 0.3 is 0 Å². The van der Waals surface area contributed by atoms with Crippen LogP contribution in [-0.4, -0.2) is 17.3 Å². The smallest absolute Gasteiger partial charge is 0.119 e. The topological polar surface area (TPSA) is 29.5 Å². The van der Waals surface area contributed by atoms with E-state index in [1.807, 2.05) is 0 Å². The molecule has 2 heteroatoms. The van der Waals surface area contributed by atoms with E-state index >= 15 is 0 Å². The summed E-state index contributed by atoms with van der Waals surface area (Å²) in [5, 5.41) is 12.9. The van der Waals surface area contributed by atoms with Gasteiger partial charge in [-0.05, 0) is 120 Å². The SMILES string of the molecule is OC12[C@@H]3C[C@H]4C5C6[C@@H]7[C@@H]8[C@H]([C@@H]9[C@@H]7[C@H]7[C@@H]6[C@H]4[C@@H]3[C@@H]7C91COc1ccccc1)[C@H]2C[C@H]58. The predicted octanol–water partition coefficient (Wildman–Crippen LogP) is 3.56. The molecule has 10 aliphatic carbocycles. The van der Waals surface area contributed by atoms with Gasteiger partial charge in [0.25, 0.3) is 0 Å². The van der Waals surface area contributed by atoms with Gasteiger partial charge in [-0.3, -0.25) is 0 Å². The summed E-state index contributed by atoms with van der Waals surface area (Å²) in [7, 11) is 0. The molecule has 10 fully saturated rings. The van der Waals surface area contributed by atoms with Crippen molar-refractivity contribution in [2.45, 2.75) is 18.4 Å². The Morgan fingerprint density at radius 1 is 0.724 bits per heavy atom. The van der Waals surface area contributed by atoms with Crippen LogP contribution in [-0.2, 0) is 0 Å². The Morgan fingerprint density at radius 2 is 1.31 bits per heavy atom. The van der Waals surface area contributed by atoms with Crippen LogP contribution in [0, 0.1) is 100 Å². The van der Waals surface area contributed by atoms with Gasteiger partial charge in [-0.15, -0.1) is 0 Å². The van der Waals surface area contributed by atoms with E-state index in [4.69, 9.17) is 4.74 Å². The third kappa shape index (κ3) is 0.938. The summed E-state index contributed by atoms with van der Waals surface area (Å²) >= 11 is 0. The lowest BCUT2D eigenvalue weighted by molar-refractivity contribution is -0.144. The molecule has 0 saturated heterocycles. The highest BCUT2D eigenvalue weighted by atomic mass is 16.5. The number of fused-ring (bicyclic) bond motifs is 4. The zero-order chi connectivity index (χ0) is 18.2. The standard InChI is InChI=1S/C27H28O2/c28-27-12-6-10-14-11-7-13(27)18-16(11)21-19(14)20-15(10)17(12)24-22(20)23(21)25(18)26(24,27)8-29-9-4-2-1-3-5-9/h1-5,10-25,28H,6-8H2/t10-,11+,12-,13-,14?,15+,16-,17-,18-,19?,20+,21-,22+,23-,24-,25+,26?,27?/m1/s1. The van der Waals surface area contributed by atoms with E-state index in [0.717, 1.165) is 95.2 Å². The number of ether oxygens (including phenoxy) is 1. The molecule has 148 valence electrons. The second kappa shape index (κ2) is 3.61. The van der Waals surface area contributed by atoms with Crippen LogP contribution in [0.5, 0.6) is 5.75 Å². The molecule has 4 unspecified atom stereocenters. The van der Waals surface area contributed by atoms with Crippen molar-refractivity contribution in [1.29, 1.82) is 0 Å². The van der Waals surface area contributed by atoms with Crippen molar-refractivity contribution in [3.8, 4) is 5.75 Å². The van der Waals surface area contributed by atoms with Gasteiger partial charge in [0.05, 0.1) is 12.2 Å². The Balaban J connectivity index is 1.21. The van der Waals surface area contributed by atoms with E-state index in [9.17, 15) is 5.11 Å². The molecule has 1 aromatic carbocycles. The van der Waals surface area contributed by atoms with Crippen LogP contribution >= 0.6 is 0 Å². The number of hydrogen-bond acceptors (Lipinski definition) is 2. The molecule has 1 N–H and O–H groups in total. The van der Waals surface area contributed by atoms with Crippen LogP contribution < -0.4 is 4.74 Å². The third-order valence-electron chi connectivity index (χ3n) is 14.3. The molecule has 1 aromatic rings. The molecule has 10 aliphatic rings. The molecule has 18 atom stereocenters. The monoisotopic (exact) mass is 384 g/mol. The van der Waals surface area contributed by atoms with Crippen molar-refractivity contribution in [2.75, 3.05) is 6.61 Å². The zero-order valence-corrected chi connectivity index (χ0v) is 16.6. The van der Waals surface area contributed by atoms with Crippen molar-refractivity contribution < 1.29 is 9.84 Å². The number of aliphatic hydroxyl groups is 1. The molecule has 0 bridgehead atoms. The van der Waals surface area contributed by atoms with E-state index in [1.54, 1.807) is 0 Å². The van der Waals surface area contributed by atoms with Gasteiger partial charge in [-0.25, -0.2) is 0 Å². The molecule has 0 aliphatic heterocycles. The molecule has 0 amide bonds. The Morgan fingerprint density at radius 3 is 1.93 bits per heavy atom. The summed E-state index contributed by atoms with van der Waals surface area (Å²) in [4.78, 5) is 0. The fourth-order valence-corrected chi connectivity index (χ4v) is 15.5. The highest BCUT2D eigenvalue weighted by Gasteiger charge is 2.99. The van der Waals surface area contributed by atoms with E-state index in [2.05, 4.69) is 30.3 Å². The summed E-state index contributed by atoms with van der Waals surface area (Å²) in [6.45, 7) is 0.818. The maximum atomic E-state index is 12.9. The number of benzene rings is 1. The van der Waals surface area contributed by atoms with E-state index in [0.29, 0.717) is 11.8 Å². The first-order chi connectivity index (χ1) is 14.3. The van der Waals surface area contributed by atoms with E-state index < -0.39 is 0 Å². The molecule has 10 saturated carbocycles. The lowest BCUT2D eigenvalue weighted by Crippen LogP contribution is -2.55. The highest BCUT2D eigenvalue weighted by Crippen LogP contribution is 2.99. The number of hydrogen-bond donors (Lipinski definition) is 1. The molecular formula is C27H28O2. The Hall–Kier alpha value is -1.02. The van der Waals surface area contributed by atoms with Gasteiger partial charge in [0.1, 0.15) is 5.75 Å². The number of para-hydroxylation sites is 1. The van der Waals surface area contributed by atoms with Crippen molar-refractivity contribution in [1.82, 2.24) is 0 Å². The quantitative estimate of drug-likeness (QED) is 0.864. The van der Waals surface area contributed by atoms with Gasteiger partial charge in [0, 0.05) is 5.41 Å². The molecule has 29 heavy (non-hydrogen) atoms. The number of rotatable bonds is 3. The van der Waals surface area contributed by atoms with Gasteiger partial charge in [-0.2, -0.15) is 0 Å². The Labute approximate surface area is 171 Å². The average Bonchev–Trinajstić information content (AvgIpc) is 3.50. The first-order valence-corrected chi connectivity index (χ1v) is 12.7. The lowest BCUT2D eigenvalue weighted by atomic mass is 9.61. The van der Waals surface area contributed by atoms with Gasteiger partial charge in [0.15, 0.2) is 0 Å². The predicted molar refractivity (Wildman–Crippen MR) is 104 cm³/mol. The Kier molecular flexibility index (Phi) is 1.76. The van der Waals surface area contributed by atoms with Crippen LogP contribution in [0.1, 0.15) is 12.8 Å². The highest BCUT2D eigenvalue weighted by molar-refractivity contribution is 5.46. The van der Waals surface area contributed by atoms with Crippen LogP contribution in [0.2, 0.25) is 0 Å². The van der Waals surface area contributed by atoms with Crippen LogP contribution in [0.15, 0.2) is 30.3 Å². The summed E-state index contributed by atoms with van der Waals surface area (Å²) in [5.41, 5.74) is -0.279. The minimum Gasteiger partial charge on any atom is -0.493 e.